The number of ether oxygens (including phenoxy) is 2. The highest BCUT2D eigenvalue weighted by atomic mass is 19.1. The van der Waals surface area contributed by atoms with Crippen LogP contribution in [0.5, 0.6) is 23.1 Å². The van der Waals surface area contributed by atoms with Gasteiger partial charge in [0.1, 0.15) is 23.1 Å². The zero-order chi connectivity index (χ0) is 19.2. The van der Waals surface area contributed by atoms with Crippen molar-refractivity contribution in [2.24, 2.45) is 0 Å². The van der Waals surface area contributed by atoms with Crippen LogP contribution in [0.4, 0.5) is 4.39 Å². The lowest BCUT2D eigenvalue weighted by atomic mass is 10.1. The lowest BCUT2D eigenvalue weighted by Gasteiger charge is -2.12. The van der Waals surface area contributed by atoms with Gasteiger partial charge >= 0.3 is 0 Å². The Hall–Kier alpha value is -3.61. The van der Waals surface area contributed by atoms with E-state index in [-0.39, 0.29) is 23.7 Å². The molecule has 2 aromatic carbocycles. The molecule has 0 saturated heterocycles. The molecule has 0 spiro atoms. The normalized spacial score (nSPS) is 10.3. The van der Waals surface area contributed by atoms with Gasteiger partial charge in [0.15, 0.2) is 0 Å². The van der Waals surface area contributed by atoms with Gasteiger partial charge in [0.25, 0.3) is 5.91 Å². The molecule has 2 N–H and O–H groups in total. The number of hydrogen-bond acceptors (Lipinski definition) is 5. The number of carbonyl (C=O) groups excluding carboxylic acids is 1. The standard InChI is InChI=1S/C20H17FN2O4/c1-26-15-7-8-18(24)17(11-15)19(25)23-12-13-4-3-9-22-20(13)27-16-6-2-5-14(21)10-16/h2-11,24H,12H2,1H3,(H,23,25). The largest absolute Gasteiger partial charge is 0.507 e. The maximum Gasteiger partial charge on any atom is 0.255 e. The number of phenolic OH excluding ortho intramolecular Hbond substituents is 1. The Morgan fingerprint density at radius 1 is 1.15 bits per heavy atom. The molecule has 0 radical (unpaired) electrons. The first-order chi connectivity index (χ1) is 13.1. The third-order valence-corrected chi connectivity index (χ3v) is 3.75. The number of methoxy groups -OCH3 is 1. The summed E-state index contributed by atoms with van der Waals surface area (Å²) in [7, 11) is 1.47. The number of aromatic hydroxyl groups is 1. The number of benzene rings is 2. The summed E-state index contributed by atoms with van der Waals surface area (Å²) in [5.41, 5.74) is 0.684. The Balaban J connectivity index is 1.74. The summed E-state index contributed by atoms with van der Waals surface area (Å²) in [6.45, 7) is 0.105. The molecule has 7 heteroatoms. The van der Waals surface area contributed by atoms with Crippen molar-refractivity contribution in [3.8, 4) is 23.1 Å². The van der Waals surface area contributed by atoms with E-state index in [0.29, 0.717) is 17.1 Å². The SMILES string of the molecule is COc1ccc(O)c(C(=O)NCc2cccnc2Oc2cccc(F)c2)c1. The first kappa shape index (κ1) is 18.2. The van der Waals surface area contributed by atoms with Crippen LogP contribution in [-0.4, -0.2) is 23.1 Å². The molecule has 3 rings (SSSR count). The Kier molecular flexibility index (Phi) is 5.51. The highest BCUT2D eigenvalue weighted by Gasteiger charge is 2.14. The molecule has 0 fully saturated rings. The van der Waals surface area contributed by atoms with E-state index in [4.69, 9.17) is 9.47 Å². The minimum atomic E-state index is -0.480. The number of rotatable bonds is 6. The van der Waals surface area contributed by atoms with Crippen LogP contribution in [0.2, 0.25) is 0 Å². The molecule has 0 aliphatic carbocycles. The van der Waals surface area contributed by atoms with Crippen molar-refractivity contribution >= 4 is 5.91 Å². The number of phenols is 1. The van der Waals surface area contributed by atoms with Crippen molar-refractivity contribution in [3.05, 3.63) is 77.7 Å². The molecule has 27 heavy (non-hydrogen) atoms. The van der Waals surface area contributed by atoms with E-state index < -0.39 is 11.7 Å². The first-order valence-electron chi connectivity index (χ1n) is 8.09. The van der Waals surface area contributed by atoms with Crippen molar-refractivity contribution < 1.29 is 23.8 Å². The van der Waals surface area contributed by atoms with Gasteiger partial charge in [-0.15, -0.1) is 0 Å². The van der Waals surface area contributed by atoms with E-state index in [9.17, 15) is 14.3 Å². The maximum absolute atomic E-state index is 13.3. The van der Waals surface area contributed by atoms with Crippen molar-refractivity contribution in [1.29, 1.82) is 0 Å². The van der Waals surface area contributed by atoms with E-state index in [0.717, 1.165) is 0 Å². The van der Waals surface area contributed by atoms with Crippen LogP contribution in [0.15, 0.2) is 60.8 Å². The average Bonchev–Trinajstić information content (AvgIpc) is 2.67. The summed E-state index contributed by atoms with van der Waals surface area (Å²) in [5.74, 6) is -0.0612. The highest BCUT2D eigenvalue weighted by Crippen LogP contribution is 2.25. The van der Waals surface area contributed by atoms with Gasteiger partial charge in [0.2, 0.25) is 5.88 Å². The molecule has 138 valence electrons. The van der Waals surface area contributed by atoms with Gasteiger partial charge in [0.05, 0.1) is 12.7 Å². The smallest absolute Gasteiger partial charge is 0.255 e. The zero-order valence-electron chi connectivity index (χ0n) is 14.5. The van der Waals surface area contributed by atoms with Crippen LogP contribution >= 0.6 is 0 Å². The lowest BCUT2D eigenvalue weighted by Crippen LogP contribution is -2.23. The zero-order valence-corrected chi connectivity index (χ0v) is 14.5. The fraction of sp³-hybridized carbons (Fsp3) is 0.100. The second kappa shape index (κ2) is 8.18. The Bertz CT molecular complexity index is 962. The number of halogens is 1. The van der Waals surface area contributed by atoms with Crippen LogP contribution in [0.1, 0.15) is 15.9 Å². The van der Waals surface area contributed by atoms with E-state index in [2.05, 4.69) is 10.3 Å². The topological polar surface area (TPSA) is 80.7 Å². The molecule has 0 bridgehead atoms. The second-order valence-electron chi connectivity index (χ2n) is 5.59. The van der Waals surface area contributed by atoms with Crippen molar-refractivity contribution in [3.63, 3.8) is 0 Å². The van der Waals surface area contributed by atoms with E-state index in [1.807, 2.05) is 0 Å². The fourth-order valence-electron chi connectivity index (χ4n) is 2.39. The summed E-state index contributed by atoms with van der Waals surface area (Å²) in [4.78, 5) is 16.5. The summed E-state index contributed by atoms with van der Waals surface area (Å²) in [6.07, 6.45) is 1.54. The molecule has 0 atom stereocenters. The molecule has 6 nitrogen and oxygen atoms in total. The van der Waals surface area contributed by atoms with Gasteiger partial charge < -0.3 is 19.9 Å². The first-order valence-corrected chi connectivity index (χ1v) is 8.09. The summed E-state index contributed by atoms with van der Waals surface area (Å²) < 4.78 is 24.0. The number of amides is 1. The van der Waals surface area contributed by atoms with Gasteiger partial charge in [0, 0.05) is 24.4 Å². The quantitative estimate of drug-likeness (QED) is 0.694. The van der Waals surface area contributed by atoms with Gasteiger partial charge in [-0.25, -0.2) is 9.37 Å². The molecule has 3 aromatic rings. The molecule has 1 heterocycles. The minimum Gasteiger partial charge on any atom is -0.507 e. The maximum atomic E-state index is 13.3. The third kappa shape index (κ3) is 4.52. The number of aromatic nitrogens is 1. The van der Waals surface area contributed by atoms with Crippen LogP contribution in [0.25, 0.3) is 0 Å². The van der Waals surface area contributed by atoms with Crippen molar-refractivity contribution in [2.45, 2.75) is 6.54 Å². The van der Waals surface area contributed by atoms with Gasteiger partial charge in [-0.05, 0) is 36.4 Å². The molecule has 0 saturated carbocycles. The summed E-state index contributed by atoms with van der Waals surface area (Å²) >= 11 is 0. The van der Waals surface area contributed by atoms with E-state index in [1.54, 1.807) is 24.3 Å². The summed E-state index contributed by atoms with van der Waals surface area (Å²) in [6, 6.07) is 13.5. The van der Waals surface area contributed by atoms with Gasteiger partial charge in [-0.2, -0.15) is 0 Å². The van der Waals surface area contributed by atoms with Crippen molar-refractivity contribution in [1.82, 2.24) is 10.3 Å². The van der Waals surface area contributed by atoms with Crippen LogP contribution in [0.3, 0.4) is 0 Å². The van der Waals surface area contributed by atoms with Crippen LogP contribution in [-0.2, 0) is 6.54 Å². The predicted molar refractivity (Wildman–Crippen MR) is 96.5 cm³/mol. The van der Waals surface area contributed by atoms with Crippen molar-refractivity contribution in [2.75, 3.05) is 7.11 Å². The fourth-order valence-corrected chi connectivity index (χ4v) is 2.39. The number of nitrogens with one attached hydrogen (secondary N) is 1. The van der Waals surface area contributed by atoms with Gasteiger partial charge in [-0.1, -0.05) is 12.1 Å². The predicted octanol–water partition coefficient (Wildman–Crippen LogP) is 3.66. The number of hydrogen-bond donors (Lipinski definition) is 2. The Morgan fingerprint density at radius 3 is 2.78 bits per heavy atom. The monoisotopic (exact) mass is 368 g/mol. The number of nitrogens with zero attached hydrogens (tertiary/aromatic N) is 1. The molecule has 0 unspecified atom stereocenters. The molecular weight excluding hydrogens is 351 g/mol. The third-order valence-electron chi connectivity index (χ3n) is 3.75. The minimum absolute atomic E-state index is 0.0887. The van der Waals surface area contributed by atoms with E-state index in [1.165, 1.54) is 43.6 Å². The summed E-state index contributed by atoms with van der Waals surface area (Å²) in [5, 5.41) is 12.6. The molecule has 1 aromatic heterocycles. The lowest BCUT2D eigenvalue weighted by molar-refractivity contribution is 0.0947. The molecule has 1 amide bonds. The Labute approximate surface area is 155 Å². The molecular formula is C20H17FN2O4. The average molecular weight is 368 g/mol. The van der Waals surface area contributed by atoms with Gasteiger partial charge in [-0.3, -0.25) is 4.79 Å². The van der Waals surface area contributed by atoms with Crippen LogP contribution < -0.4 is 14.8 Å². The number of pyridine rings is 1. The highest BCUT2D eigenvalue weighted by molar-refractivity contribution is 5.97. The number of carbonyl (C=O) groups is 1. The second-order valence-corrected chi connectivity index (χ2v) is 5.59. The van der Waals surface area contributed by atoms with Crippen LogP contribution in [0, 0.1) is 5.82 Å². The Morgan fingerprint density at radius 2 is 2.00 bits per heavy atom. The van der Waals surface area contributed by atoms with E-state index >= 15 is 0 Å². The molecule has 0 aliphatic rings. The molecule has 0 aliphatic heterocycles.